The van der Waals surface area contributed by atoms with Crippen LogP contribution in [0.2, 0.25) is 0 Å². The Morgan fingerprint density at radius 1 is 1.59 bits per heavy atom. The second kappa shape index (κ2) is 5.98. The van der Waals surface area contributed by atoms with E-state index in [4.69, 9.17) is 0 Å². The first-order valence-corrected chi connectivity index (χ1v) is 6.37. The van der Waals surface area contributed by atoms with E-state index in [9.17, 15) is 5.11 Å². The topological polar surface area (TPSA) is 48.4 Å². The number of β-amino-alcohol motifs (C(OH)–C–C–N with tert-alkyl or cyclic N) is 1. The smallest absolute Gasteiger partial charge is 0.126 e. The van der Waals surface area contributed by atoms with Gasteiger partial charge in [0.05, 0.1) is 6.10 Å². The minimum atomic E-state index is -0.144. The third kappa shape index (κ3) is 3.68. The summed E-state index contributed by atoms with van der Waals surface area (Å²) < 4.78 is 0. The Labute approximate surface area is 103 Å². The molecule has 94 valence electrons. The number of hydrogen-bond donors (Lipinski definition) is 2. The van der Waals surface area contributed by atoms with Crippen LogP contribution in [0.15, 0.2) is 18.3 Å². The Hall–Kier alpha value is -1.13. The number of likely N-dealkylation sites (tertiary alicyclic amines) is 1. The number of anilines is 1. The van der Waals surface area contributed by atoms with Crippen molar-refractivity contribution in [1.29, 1.82) is 0 Å². The van der Waals surface area contributed by atoms with E-state index in [0.29, 0.717) is 0 Å². The lowest BCUT2D eigenvalue weighted by Crippen LogP contribution is -2.21. The first-order valence-electron chi connectivity index (χ1n) is 6.37. The summed E-state index contributed by atoms with van der Waals surface area (Å²) in [5.74, 6) is 0.948. The van der Waals surface area contributed by atoms with Crippen molar-refractivity contribution >= 4 is 5.82 Å². The minimum absolute atomic E-state index is 0.144. The van der Waals surface area contributed by atoms with Gasteiger partial charge in [0.15, 0.2) is 0 Å². The molecule has 17 heavy (non-hydrogen) atoms. The molecule has 0 aromatic carbocycles. The molecule has 1 aromatic heterocycles. The second-order valence-electron chi connectivity index (χ2n) is 4.65. The number of rotatable bonds is 5. The lowest BCUT2D eigenvalue weighted by molar-refractivity contribution is 0.175. The lowest BCUT2D eigenvalue weighted by atomic mass is 10.2. The number of pyridine rings is 1. The molecule has 4 nitrogen and oxygen atoms in total. The van der Waals surface area contributed by atoms with Gasteiger partial charge in [-0.05, 0) is 30.5 Å². The maximum Gasteiger partial charge on any atom is 0.126 e. The normalized spacial score (nSPS) is 20.7. The van der Waals surface area contributed by atoms with E-state index in [2.05, 4.69) is 28.2 Å². The van der Waals surface area contributed by atoms with Crippen LogP contribution in [0.25, 0.3) is 0 Å². The molecule has 4 heteroatoms. The molecule has 1 saturated heterocycles. The van der Waals surface area contributed by atoms with Gasteiger partial charge in [-0.3, -0.25) is 4.90 Å². The number of aliphatic hydroxyl groups excluding tert-OH is 1. The van der Waals surface area contributed by atoms with Gasteiger partial charge in [-0.25, -0.2) is 4.98 Å². The quantitative estimate of drug-likeness (QED) is 0.811. The fourth-order valence-corrected chi connectivity index (χ4v) is 2.14. The molecule has 0 aliphatic carbocycles. The summed E-state index contributed by atoms with van der Waals surface area (Å²) >= 11 is 0. The zero-order chi connectivity index (χ0) is 12.1. The predicted octanol–water partition coefficient (Wildman–Crippen LogP) is 1.47. The standard InChI is InChI=1S/C13H21N3O/c1-2-5-14-13-8-11(3-6-15-13)9-16-7-4-12(17)10-16/h3,6,8,12,17H,2,4-5,7,9-10H2,1H3,(H,14,15). The highest BCUT2D eigenvalue weighted by atomic mass is 16.3. The Bertz CT molecular complexity index is 356. The van der Waals surface area contributed by atoms with Crippen LogP contribution in [0.4, 0.5) is 5.82 Å². The minimum Gasteiger partial charge on any atom is -0.392 e. The van der Waals surface area contributed by atoms with Crippen molar-refractivity contribution in [2.75, 3.05) is 25.0 Å². The highest BCUT2D eigenvalue weighted by Crippen LogP contribution is 2.14. The van der Waals surface area contributed by atoms with Gasteiger partial charge < -0.3 is 10.4 Å². The van der Waals surface area contributed by atoms with Crippen LogP contribution >= 0.6 is 0 Å². The van der Waals surface area contributed by atoms with E-state index >= 15 is 0 Å². The molecule has 0 saturated carbocycles. The highest BCUT2D eigenvalue weighted by molar-refractivity contribution is 5.37. The second-order valence-corrected chi connectivity index (χ2v) is 4.65. The molecule has 2 heterocycles. The zero-order valence-electron chi connectivity index (χ0n) is 10.4. The van der Waals surface area contributed by atoms with E-state index in [1.807, 2.05) is 12.3 Å². The van der Waals surface area contributed by atoms with Crippen LogP contribution in [0.1, 0.15) is 25.3 Å². The average molecular weight is 235 g/mol. The van der Waals surface area contributed by atoms with Crippen LogP contribution in [-0.2, 0) is 6.54 Å². The summed E-state index contributed by atoms with van der Waals surface area (Å²) in [5.41, 5.74) is 1.26. The summed E-state index contributed by atoms with van der Waals surface area (Å²) in [4.78, 5) is 6.57. The van der Waals surface area contributed by atoms with Crippen molar-refractivity contribution < 1.29 is 5.11 Å². The van der Waals surface area contributed by atoms with Crippen LogP contribution in [0, 0.1) is 0 Å². The van der Waals surface area contributed by atoms with E-state index in [1.54, 1.807) is 0 Å². The van der Waals surface area contributed by atoms with Gasteiger partial charge >= 0.3 is 0 Å². The Balaban J connectivity index is 1.91. The summed E-state index contributed by atoms with van der Waals surface area (Å²) in [6.07, 6.45) is 3.70. The Morgan fingerprint density at radius 2 is 2.47 bits per heavy atom. The third-order valence-corrected chi connectivity index (χ3v) is 3.03. The van der Waals surface area contributed by atoms with Gasteiger partial charge in [0.2, 0.25) is 0 Å². The van der Waals surface area contributed by atoms with Gasteiger partial charge in [-0.15, -0.1) is 0 Å². The molecule has 0 spiro atoms. The molecule has 1 aliphatic rings. The van der Waals surface area contributed by atoms with Crippen molar-refractivity contribution in [3.8, 4) is 0 Å². The fraction of sp³-hybridized carbons (Fsp3) is 0.615. The van der Waals surface area contributed by atoms with E-state index in [-0.39, 0.29) is 6.10 Å². The number of aromatic nitrogens is 1. The van der Waals surface area contributed by atoms with Gasteiger partial charge in [0.25, 0.3) is 0 Å². The SMILES string of the molecule is CCCNc1cc(CN2CCC(O)C2)ccn1. The maximum absolute atomic E-state index is 9.48. The largest absolute Gasteiger partial charge is 0.392 e. The molecule has 1 aromatic rings. The van der Waals surface area contributed by atoms with Gasteiger partial charge in [-0.2, -0.15) is 0 Å². The van der Waals surface area contributed by atoms with Crippen molar-refractivity contribution in [3.63, 3.8) is 0 Å². The first-order chi connectivity index (χ1) is 8.28. The number of nitrogens with one attached hydrogen (secondary N) is 1. The molecular formula is C13H21N3O. The molecule has 0 amide bonds. The predicted molar refractivity (Wildman–Crippen MR) is 68.9 cm³/mol. The average Bonchev–Trinajstić information content (AvgIpc) is 2.73. The molecule has 0 radical (unpaired) electrons. The fourth-order valence-electron chi connectivity index (χ4n) is 2.14. The van der Waals surface area contributed by atoms with Crippen molar-refractivity contribution in [1.82, 2.24) is 9.88 Å². The first kappa shape index (κ1) is 12.3. The molecule has 2 N–H and O–H groups in total. The summed E-state index contributed by atoms with van der Waals surface area (Å²) in [6, 6.07) is 4.14. The molecule has 2 rings (SSSR count). The zero-order valence-corrected chi connectivity index (χ0v) is 10.4. The van der Waals surface area contributed by atoms with Crippen LogP contribution in [0.5, 0.6) is 0 Å². The van der Waals surface area contributed by atoms with Gasteiger partial charge in [0.1, 0.15) is 5.82 Å². The summed E-state index contributed by atoms with van der Waals surface area (Å²) in [6.45, 7) is 5.78. The van der Waals surface area contributed by atoms with Crippen molar-refractivity contribution in [2.45, 2.75) is 32.4 Å². The van der Waals surface area contributed by atoms with Crippen molar-refractivity contribution in [3.05, 3.63) is 23.9 Å². The van der Waals surface area contributed by atoms with Crippen molar-refractivity contribution in [2.24, 2.45) is 0 Å². The molecule has 1 fully saturated rings. The van der Waals surface area contributed by atoms with Gasteiger partial charge in [-0.1, -0.05) is 6.92 Å². The van der Waals surface area contributed by atoms with E-state index in [1.165, 1.54) is 5.56 Å². The van der Waals surface area contributed by atoms with E-state index in [0.717, 1.165) is 44.8 Å². The molecule has 0 bridgehead atoms. The molecule has 1 aliphatic heterocycles. The highest BCUT2D eigenvalue weighted by Gasteiger charge is 2.19. The summed E-state index contributed by atoms with van der Waals surface area (Å²) in [7, 11) is 0. The number of aliphatic hydroxyl groups is 1. The number of hydrogen-bond acceptors (Lipinski definition) is 4. The van der Waals surface area contributed by atoms with E-state index < -0.39 is 0 Å². The van der Waals surface area contributed by atoms with Crippen LogP contribution < -0.4 is 5.32 Å². The maximum atomic E-state index is 9.48. The summed E-state index contributed by atoms with van der Waals surface area (Å²) in [5, 5.41) is 12.8. The van der Waals surface area contributed by atoms with Crippen LogP contribution in [0.3, 0.4) is 0 Å². The molecule has 1 atom stereocenters. The van der Waals surface area contributed by atoms with Crippen LogP contribution in [-0.4, -0.2) is 40.7 Å². The Morgan fingerprint density at radius 3 is 3.18 bits per heavy atom. The number of nitrogens with zero attached hydrogens (tertiary/aromatic N) is 2. The Kier molecular flexibility index (Phi) is 4.34. The molecule has 1 unspecified atom stereocenters. The molecular weight excluding hydrogens is 214 g/mol. The monoisotopic (exact) mass is 235 g/mol. The lowest BCUT2D eigenvalue weighted by Gasteiger charge is -2.15. The van der Waals surface area contributed by atoms with Gasteiger partial charge in [0, 0.05) is 32.4 Å². The third-order valence-electron chi connectivity index (χ3n) is 3.03.